The number of fused-ring (bicyclic) bond motifs is 1. The highest BCUT2D eigenvalue weighted by molar-refractivity contribution is 6.33. The van der Waals surface area contributed by atoms with Crippen molar-refractivity contribution < 1.29 is 5.11 Å². The van der Waals surface area contributed by atoms with Gasteiger partial charge in [-0.25, -0.2) is 4.98 Å². The molecule has 0 amide bonds. The van der Waals surface area contributed by atoms with E-state index in [9.17, 15) is 5.11 Å². The molecule has 0 radical (unpaired) electrons. The summed E-state index contributed by atoms with van der Waals surface area (Å²) in [6.45, 7) is 4.40. The van der Waals surface area contributed by atoms with E-state index in [4.69, 9.17) is 16.9 Å². The summed E-state index contributed by atoms with van der Waals surface area (Å²) in [5.74, 6) is 0.692. The molecule has 0 unspecified atom stereocenters. The average Bonchev–Trinajstić information content (AvgIpc) is 3.01. The average molecular weight is 355 g/mol. The quantitative estimate of drug-likeness (QED) is 0.712. The minimum atomic E-state index is -0.379. The lowest BCUT2D eigenvalue weighted by Gasteiger charge is -2.13. The number of aromatic nitrogens is 2. The fraction of sp³-hybridized carbons (Fsp3) is 0.263. The number of nitriles is 1. The molecule has 6 heteroatoms. The molecule has 3 rings (SSSR count). The van der Waals surface area contributed by atoms with Crippen molar-refractivity contribution in [3.63, 3.8) is 0 Å². The van der Waals surface area contributed by atoms with Gasteiger partial charge in [-0.2, -0.15) is 5.26 Å². The highest BCUT2D eigenvalue weighted by atomic mass is 35.5. The molecule has 25 heavy (non-hydrogen) atoms. The lowest BCUT2D eigenvalue weighted by Crippen LogP contribution is -2.13. The second kappa shape index (κ2) is 7.14. The number of hydrogen-bond donors (Lipinski definition) is 2. The van der Waals surface area contributed by atoms with Crippen LogP contribution in [-0.2, 0) is 6.54 Å². The Bertz CT molecular complexity index is 935. The SMILES string of the molecule is CC[C@@H](O)Cn1ccc2c(Nc3c(C)cc(C#N)cc3Cl)nccc21. The number of rotatable bonds is 5. The maximum Gasteiger partial charge on any atom is 0.139 e. The van der Waals surface area contributed by atoms with Crippen molar-refractivity contribution in [3.05, 3.63) is 52.8 Å². The van der Waals surface area contributed by atoms with Gasteiger partial charge in [0.25, 0.3) is 0 Å². The molecule has 0 aliphatic rings. The van der Waals surface area contributed by atoms with Gasteiger partial charge in [-0.1, -0.05) is 18.5 Å². The summed E-state index contributed by atoms with van der Waals surface area (Å²) in [6.07, 6.45) is 4.00. The molecule has 1 aromatic carbocycles. The first-order valence-electron chi connectivity index (χ1n) is 8.12. The van der Waals surface area contributed by atoms with Gasteiger partial charge in [0.1, 0.15) is 5.82 Å². The molecule has 0 aliphatic heterocycles. The predicted octanol–water partition coefficient (Wildman–Crippen LogP) is 4.38. The van der Waals surface area contributed by atoms with Gasteiger partial charge in [-0.15, -0.1) is 0 Å². The summed E-state index contributed by atoms with van der Waals surface area (Å²) in [6, 6.07) is 9.43. The third kappa shape index (κ3) is 3.46. The van der Waals surface area contributed by atoms with Gasteiger partial charge in [-0.05, 0) is 43.2 Å². The largest absolute Gasteiger partial charge is 0.391 e. The van der Waals surface area contributed by atoms with Crippen LogP contribution >= 0.6 is 11.6 Å². The summed E-state index contributed by atoms with van der Waals surface area (Å²) in [4.78, 5) is 4.43. The van der Waals surface area contributed by atoms with Crippen molar-refractivity contribution in [3.8, 4) is 6.07 Å². The Labute approximate surface area is 151 Å². The highest BCUT2D eigenvalue weighted by Crippen LogP contribution is 2.32. The number of benzene rings is 1. The van der Waals surface area contributed by atoms with E-state index >= 15 is 0 Å². The maximum absolute atomic E-state index is 9.92. The summed E-state index contributed by atoms with van der Waals surface area (Å²) in [7, 11) is 0. The number of halogens is 1. The van der Waals surface area contributed by atoms with Crippen molar-refractivity contribution >= 4 is 34.0 Å². The molecular weight excluding hydrogens is 336 g/mol. The first kappa shape index (κ1) is 17.3. The lowest BCUT2D eigenvalue weighted by molar-refractivity contribution is 0.151. The second-order valence-electron chi connectivity index (χ2n) is 6.01. The zero-order valence-electron chi connectivity index (χ0n) is 14.1. The molecule has 0 fully saturated rings. The Hall–Kier alpha value is -2.55. The zero-order chi connectivity index (χ0) is 18.0. The molecule has 0 saturated heterocycles. The normalized spacial score (nSPS) is 12.1. The van der Waals surface area contributed by atoms with E-state index in [0.717, 1.165) is 22.2 Å². The fourth-order valence-corrected chi connectivity index (χ4v) is 3.14. The molecule has 0 spiro atoms. The number of aliphatic hydroxyl groups excluding tert-OH is 1. The predicted molar refractivity (Wildman–Crippen MR) is 100 cm³/mol. The van der Waals surface area contributed by atoms with E-state index in [1.807, 2.05) is 36.7 Å². The first-order chi connectivity index (χ1) is 12.0. The third-order valence-corrected chi connectivity index (χ3v) is 4.53. The van der Waals surface area contributed by atoms with Crippen LogP contribution in [0.1, 0.15) is 24.5 Å². The van der Waals surface area contributed by atoms with Crippen LogP contribution in [0.25, 0.3) is 10.9 Å². The first-order valence-corrected chi connectivity index (χ1v) is 8.50. The second-order valence-corrected chi connectivity index (χ2v) is 6.42. The molecule has 2 heterocycles. The van der Waals surface area contributed by atoms with Gasteiger partial charge in [0, 0.05) is 24.3 Å². The Morgan fingerprint density at radius 1 is 1.40 bits per heavy atom. The Morgan fingerprint density at radius 3 is 2.88 bits per heavy atom. The topological polar surface area (TPSA) is 73.9 Å². The minimum absolute atomic E-state index is 0.379. The van der Waals surface area contributed by atoms with Crippen LogP contribution < -0.4 is 5.32 Å². The Kier molecular flexibility index (Phi) is 4.93. The Morgan fingerprint density at radius 2 is 2.20 bits per heavy atom. The molecule has 2 aromatic heterocycles. The van der Waals surface area contributed by atoms with Gasteiger partial charge >= 0.3 is 0 Å². The van der Waals surface area contributed by atoms with Crippen LogP contribution in [0.3, 0.4) is 0 Å². The van der Waals surface area contributed by atoms with E-state index in [2.05, 4.69) is 16.4 Å². The molecule has 1 atom stereocenters. The van der Waals surface area contributed by atoms with Crippen LogP contribution in [0, 0.1) is 18.3 Å². The van der Waals surface area contributed by atoms with Crippen molar-refractivity contribution in [2.24, 2.45) is 0 Å². The van der Waals surface area contributed by atoms with Crippen LogP contribution in [0.15, 0.2) is 36.7 Å². The van der Waals surface area contributed by atoms with Crippen molar-refractivity contribution in [2.45, 2.75) is 32.9 Å². The van der Waals surface area contributed by atoms with Crippen LogP contribution in [0.5, 0.6) is 0 Å². The lowest BCUT2D eigenvalue weighted by atomic mass is 10.1. The maximum atomic E-state index is 9.92. The fourth-order valence-electron chi connectivity index (χ4n) is 2.82. The Balaban J connectivity index is 1.99. The number of aryl methyl sites for hydroxylation is 1. The number of hydrogen-bond acceptors (Lipinski definition) is 4. The van der Waals surface area contributed by atoms with Crippen molar-refractivity contribution in [1.82, 2.24) is 9.55 Å². The highest BCUT2D eigenvalue weighted by Gasteiger charge is 2.12. The smallest absolute Gasteiger partial charge is 0.139 e. The molecule has 0 bridgehead atoms. The van der Waals surface area contributed by atoms with Gasteiger partial charge in [0.05, 0.1) is 34.0 Å². The van der Waals surface area contributed by atoms with E-state index in [1.54, 1.807) is 18.3 Å². The number of nitrogens with one attached hydrogen (secondary N) is 1. The summed E-state index contributed by atoms with van der Waals surface area (Å²) in [5, 5.41) is 23.7. The summed E-state index contributed by atoms with van der Waals surface area (Å²) >= 11 is 6.33. The summed E-state index contributed by atoms with van der Waals surface area (Å²) < 4.78 is 2.02. The van der Waals surface area contributed by atoms with E-state index < -0.39 is 0 Å². The molecule has 128 valence electrons. The molecular formula is C19H19ClN4O. The number of nitrogens with zero attached hydrogens (tertiary/aromatic N) is 3. The zero-order valence-corrected chi connectivity index (χ0v) is 14.9. The van der Waals surface area contributed by atoms with Crippen LogP contribution in [0.2, 0.25) is 5.02 Å². The van der Waals surface area contributed by atoms with Crippen molar-refractivity contribution in [1.29, 1.82) is 5.26 Å². The van der Waals surface area contributed by atoms with Gasteiger partial charge in [0.15, 0.2) is 0 Å². The van der Waals surface area contributed by atoms with E-state index in [0.29, 0.717) is 29.4 Å². The molecule has 0 aliphatic carbocycles. The standard InChI is InChI=1S/C19H19ClN4O/c1-3-14(25)11-24-7-5-15-17(24)4-6-22-19(15)23-18-12(2)8-13(10-21)9-16(18)20/h4-9,14,25H,3,11H2,1-2H3,(H,22,23)/t14-/m1/s1. The number of anilines is 2. The third-order valence-electron chi connectivity index (χ3n) is 4.24. The van der Waals surface area contributed by atoms with E-state index in [1.165, 1.54) is 0 Å². The molecule has 3 aromatic rings. The van der Waals surface area contributed by atoms with Crippen LogP contribution in [-0.4, -0.2) is 20.8 Å². The van der Waals surface area contributed by atoms with Gasteiger partial charge < -0.3 is 15.0 Å². The van der Waals surface area contributed by atoms with Crippen LogP contribution in [0.4, 0.5) is 11.5 Å². The number of pyridine rings is 1. The minimum Gasteiger partial charge on any atom is -0.391 e. The molecule has 2 N–H and O–H groups in total. The molecule has 5 nitrogen and oxygen atoms in total. The monoisotopic (exact) mass is 354 g/mol. The molecule has 0 saturated carbocycles. The van der Waals surface area contributed by atoms with Crippen molar-refractivity contribution in [2.75, 3.05) is 5.32 Å². The summed E-state index contributed by atoms with van der Waals surface area (Å²) in [5.41, 5.74) is 3.14. The van der Waals surface area contributed by atoms with Gasteiger partial charge in [-0.3, -0.25) is 0 Å². The van der Waals surface area contributed by atoms with E-state index in [-0.39, 0.29) is 6.10 Å². The number of aliphatic hydroxyl groups is 1. The van der Waals surface area contributed by atoms with Gasteiger partial charge in [0.2, 0.25) is 0 Å².